The third kappa shape index (κ3) is 3.78. The molecule has 150 valence electrons. The molecule has 0 radical (unpaired) electrons. The molecule has 3 rings (SSSR count). The largest absolute Gasteiger partial charge is 0.493 e. The van der Waals surface area contributed by atoms with Gasteiger partial charge in [-0.2, -0.15) is 0 Å². The average molecular weight is 387 g/mol. The van der Waals surface area contributed by atoms with Gasteiger partial charge < -0.3 is 29.0 Å². The van der Waals surface area contributed by atoms with Gasteiger partial charge in [0.25, 0.3) is 5.91 Å². The van der Waals surface area contributed by atoms with E-state index in [9.17, 15) is 4.79 Å². The minimum Gasteiger partial charge on any atom is -0.493 e. The zero-order valence-electron chi connectivity index (χ0n) is 16.8. The van der Waals surface area contributed by atoms with Gasteiger partial charge in [-0.3, -0.25) is 4.79 Å². The molecule has 0 aromatic heterocycles. The number of carbonyl (C=O) groups is 1. The molecule has 0 atom stereocenters. The summed E-state index contributed by atoms with van der Waals surface area (Å²) in [7, 11) is 4.54. The van der Waals surface area contributed by atoms with Crippen molar-refractivity contribution in [3.63, 3.8) is 0 Å². The molecular weight excluding hydrogens is 362 g/mol. The summed E-state index contributed by atoms with van der Waals surface area (Å²) < 4.78 is 27.2. The molecule has 1 heterocycles. The summed E-state index contributed by atoms with van der Waals surface area (Å²) in [5.41, 5.74) is 0.658. The molecule has 28 heavy (non-hydrogen) atoms. The van der Waals surface area contributed by atoms with Crippen LogP contribution in [0, 0.1) is 0 Å². The third-order valence-corrected chi connectivity index (χ3v) is 4.62. The first kappa shape index (κ1) is 19.7. The Morgan fingerprint density at radius 1 is 0.929 bits per heavy atom. The lowest BCUT2D eigenvalue weighted by Gasteiger charge is -2.29. The van der Waals surface area contributed by atoms with Crippen molar-refractivity contribution in [2.75, 3.05) is 34.5 Å². The summed E-state index contributed by atoms with van der Waals surface area (Å²) in [5.74, 6) is 2.40. The van der Waals surface area contributed by atoms with E-state index in [1.54, 1.807) is 12.1 Å². The van der Waals surface area contributed by atoms with Crippen LogP contribution >= 0.6 is 0 Å². The van der Waals surface area contributed by atoms with Crippen molar-refractivity contribution in [1.29, 1.82) is 0 Å². The predicted octanol–water partition coefficient (Wildman–Crippen LogP) is 3.15. The monoisotopic (exact) mass is 387 g/mol. The number of carbonyl (C=O) groups excluding carboxylic acids is 1. The molecule has 7 heteroatoms. The molecule has 0 bridgehead atoms. The Balaban J connectivity index is 1.87. The van der Waals surface area contributed by atoms with Gasteiger partial charge >= 0.3 is 0 Å². The van der Waals surface area contributed by atoms with E-state index in [0.29, 0.717) is 47.5 Å². The first-order valence-corrected chi connectivity index (χ1v) is 8.92. The van der Waals surface area contributed by atoms with E-state index < -0.39 is 5.54 Å². The average Bonchev–Trinajstić information content (AvgIpc) is 2.71. The molecule has 0 spiro atoms. The Hall–Kier alpha value is -3.09. The molecule has 1 aliphatic heterocycles. The SMILES string of the molecule is COc1cc(C(=O)NC(C)(C)c2ccc3c(c2)OCCO3)cc(OC)c1OC. The third-order valence-electron chi connectivity index (χ3n) is 4.62. The van der Waals surface area contributed by atoms with E-state index in [0.717, 1.165) is 5.56 Å². The van der Waals surface area contributed by atoms with E-state index in [1.165, 1.54) is 21.3 Å². The van der Waals surface area contributed by atoms with Gasteiger partial charge in [-0.1, -0.05) is 6.07 Å². The van der Waals surface area contributed by atoms with Crippen LogP contribution in [0.2, 0.25) is 0 Å². The molecular formula is C21H25NO6. The zero-order valence-corrected chi connectivity index (χ0v) is 16.8. The summed E-state index contributed by atoms with van der Waals surface area (Å²) >= 11 is 0. The van der Waals surface area contributed by atoms with Crippen molar-refractivity contribution < 1.29 is 28.5 Å². The number of hydrogen-bond donors (Lipinski definition) is 1. The Morgan fingerprint density at radius 3 is 2.11 bits per heavy atom. The highest BCUT2D eigenvalue weighted by atomic mass is 16.6. The van der Waals surface area contributed by atoms with Crippen LogP contribution in [0.5, 0.6) is 28.7 Å². The number of ether oxygens (including phenoxy) is 5. The normalized spacial score (nSPS) is 12.9. The standard InChI is InChI=1S/C21H25NO6/c1-21(2,14-6-7-15-16(12-14)28-9-8-27-15)22-20(23)13-10-17(24-3)19(26-5)18(11-13)25-4/h6-7,10-12H,8-9H2,1-5H3,(H,22,23). The van der Waals surface area contributed by atoms with Gasteiger partial charge in [0, 0.05) is 5.56 Å². The van der Waals surface area contributed by atoms with Crippen LogP contribution in [0.1, 0.15) is 29.8 Å². The number of nitrogens with one attached hydrogen (secondary N) is 1. The van der Waals surface area contributed by atoms with Crippen LogP contribution in [0.25, 0.3) is 0 Å². The molecule has 1 amide bonds. The molecule has 0 aliphatic carbocycles. The van der Waals surface area contributed by atoms with Gasteiger partial charge in [0.1, 0.15) is 13.2 Å². The van der Waals surface area contributed by atoms with Crippen molar-refractivity contribution in [3.05, 3.63) is 41.5 Å². The number of rotatable bonds is 6. The van der Waals surface area contributed by atoms with Gasteiger partial charge in [0.2, 0.25) is 5.75 Å². The van der Waals surface area contributed by atoms with Crippen molar-refractivity contribution in [1.82, 2.24) is 5.32 Å². The van der Waals surface area contributed by atoms with Gasteiger partial charge in [0.15, 0.2) is 23.0 Å². The number of hydrogen-bond acceptors (Lipinski definition) is 6. The number of methoxy groups -OCH3 is 3. The predicted molar refractivity (Wildman–Crippen MR) is 104 cm³/mol. The van der Waals surface area contributed by atoms with Crippen molar-refractivity contribution >= 4 is 5.91 Å². The minimum absolute atomic E-state index is 0.265. The van der Waals surface area contributed by atoms with Crippen LogP contribution in [0.4, 0.5) is 0 Å². The maximum absolute atomic E-state index is 12.9. The van der Waals surface area contributed by atoms with E-state index in [2.05, 4.69) is 5.32 Å². The lowest BCUT2D eigenvalue weighted by molar-refractivity contribution is 0.0910. The first-order valence-electron chi connectivity index (χ1n) is 8.92. The van der Waals surface area contributed by atoms with E-state index in [-0.39, 0.29) is 5.91 Å². The van der Waals surface area contributed by atoms with Gasteiger partial charge in [0.05, 0.1) is 26.9 Å². The van der Waals surface area contributed by atoms with E-state index >= 15 is 0 Å². The maximum Gasteiger partial charge on any atom is 0.252 e. The van der Waals surface area contributed by atoms with Gasteiger partial charge in [-0.25, -0.2) is 0 Å². The Kier molecular flexibility index (Phi) is 5.53. The minimum atomic E-state index is -0.646. The number of benzene rings is 2. The summed E-state index contributed by atoms with van der Waals surface area (Å²) in [6.07, 6.45) is 0. The molecule has 2 aromatic rings. The highest BCUT2D eigenvalue weighted by Crippen LogP contribution is 2.39. The summed E-state index contributed by atoms with van der Waals surface area (Å²) in [6.45, 7) is 4.89. The smallest absolute Gasteiger partial charge is 0.252 e. The van der Waals surface area contributed by atoms with Crippen molar-refractivity contribution in [2.45, 2.75) is 19.4 Å². The fourth-order valence-corrected chi connectivity index (χ4v) is 3.07. The van der Waals surface area contributed by atoms with Crippen molar-refractivity contribution in [3.8, 4) is 28.7 Å². The second kappa shape index (κ2) is 7.88. The maximum atomic E-state index is 12.9. The summed E-state index contributed by atoms with van der Waals surface area (Å²) in [5, 5.41) is 3.05. The van der Waals surface area contributed by atoms with Gasteiger partial charge in [-0.05, 0) is 43.7 Å². The van der Waals surface area contributed by atoms with Crippen LogP contribution in [-0.2, 0) is 5.54 Å². The molecule has 0 saturated heterocycles. The first-order chi connectivity index (χ1) is 13.4. The molecule has 1 N–H and O–H groups in total. The topological polar surface area (TPSA) is 75.3 Å². The summed E-state index contributed by atoms with van der Waals surface area (Å²) in [4.78, 5) is 12.9. The molecule has 2 aromatic carbocycles. The number of fused-ring (bicyclic) bond motifs is 1. The Morgan fingerprint density at radius 2 is 1.54 bits per heavy atom. The van der Waals surface area contributed by atoms with Crippen LogP contribution in [-0.4, -0.2) is 40.5 Å². The molecule has 1 aliphatic rings. The summed E-state index contributed by atoms with van der Waals surface area (Å²) in [6, 6.07) is 8.91. The fraction of sp³-hybridized carbons (Fsp3) is 0.381. The molecule has 0 unspecified atom stereocenters. The lowest BCUT2D eigenvalue weighted by Crippen LogP contribution is -2.41. The Labute approximate surface area is 164 Å². The fourth-order valence-electron chi connectivity index (χ4n) is 3.07. The van der Waals surface area contributed by atoms with Crippen LogP contribution < -0.4 is 29.0 Å². The van der Waals surface area contributed by atoms with Crippen LogP contribution in [0.15, 0.2) is 30.3 Å². The second-order valence-electron chi connectivity index (χ2n) is 6.85. The highest BCUT2D eigenvalue weighted by molar-refractivity contribution is 5.96. The lowest BCUT2D eigenvalue weighted by atomic mass is 9.93. The van der Waals surface area contributed by atoms with Gasteiger partial charge in [-0.15, -0.1) is 0 Å². The molecule has 0 saturated carbocycles. The second-order valence-corrected chi connectivity index (χ2v) is 6.85. The van der Waals surface area contributed by atoms with Crippen LogP contribution in [0.3, 0.4) is 0 Å². The molecule has 0 fully saturated rings. The Bertz CT molecular complexity index is 852. The number of amides is 1. The van der Waals surface area contributed by atoms with Crippen molar-refractivity contribution in [2.24, 2.45) is 0 Å². The zero-order chi connectivity index (χ0) is 20.3. The van der Waals surface area contributed by atoms with E-state index in [1.807, 2.05) is 32.0 Å². The van der Waals surface area contributed by atoms with E-state index in [4.69, 9.17) is 23.7 Å². The molecule has 7 nitrogen and oxygen atoms in total. The highest BCUT2D eigenvalue weighted by Gasteiger charge is 2.27. The quantitative estimate of drug-likeness (QED) is 0.821.